The fraction of sp³-hybridized carbons (Fsp3) is 0. The number of hydroxylamine groups is 2. The lowest BCUT2D eigenvalue weighted by Crippen LogP contribution is -2.18. The maximum Gasteiger partial charge on any atom is 0.274 e. The van der Waals surface area contributed by atoms with Crippen molar-refractivity contribution in [2.24, 2.45) is 0 Å². The minimum atomic E-state index is -0.444. The van der Waals surface area contributed by atoms with Crippen LogP contribution in [0.2, 0.25) is 0 Å². The predicted molar refractivity (Wildman–Crippen MR) is 36.1 cm³/mol. The van der Waals surface area contributed by atoms with E-state index in [-0.39, 0.29) is 0 Å². The number of carbonyl (C=O) groups is 1. The topological polar surface area (TPSA) is 40.5 Å². The molecule has 0 radical (unpaired) electrons. The van der Waals surface area contributed by atoms with Crippen molar-refractivity contribution in [3.8, 4) is 0 Å². The molecule has 0 saturated carbocycles. The first kappa shape index (κ1) is 6.77. The standard InChI is InChI=1S/C7H7NO2/c9-7-5-3-1-2-4-6-8(7)10/h1-6,10H. The van der Waals surface area contributed by atoms with Crippen LogP contribution in [-0.4, -0.2) is 16.2 Å². The molecule has 0 aromatic heterocycles. The molecule has 1 rings (SSSR count). The summed E-state index contributed by atoms with van der Waals surface area (Å²) in [5, 5.41) is 9.32. The maximum absolute atomic E-state index is 10.7. The summed E-state index contributed by atoms with van der Waals surface area (Å²) in [6.45, 7) is 0. The van der Waals surface area contributed by atoms with E-state index in [0.29, 0.717) is 5.06 Å². The molecule has 0 saturated heterocycles. The number of carbonyl (C=O) groups excluding carboxylic acids is 1. The summed E-state index contributed by atoms with van der Waals surface area (Å²) in [4.78, 5) is 10.7. The van der Waals surface area contributed by atoms with Crippen molar-refractivity contribution in [3.63, 3.8) is 0 Å². The molecule has 0 bridgehead atoms. The minimum absolute atomic E-state index is 0.444. The Bertz CT molecular complexity index is 216. The minimum Gasteiger partial charge on any atom is -0.281 e. The van der Waals surface area contributed by atoms with Crippen molar-refractivity contribution in [2.45, 2.75) is 0 Å². The van der Waals surface area contributed by atoms with E-state index in [1.54, 1.807) is 24.3 Å². The van der Waals surface area contributed by atoms with Gasteiger partial charge in [-0.15, -0.1) is 0 Å². The molecule has 10 heavy (non-hydrogen) atoms. The first-order valence-electron chi connectivity index (χ1n) is 2.84. The largest absolute Gasteiger partial charge is 0.281 e. The highest BCUT2D eigenvalue weighted by molar-refractivity contribution is 5.87. The first-order valence-corrected chi connectivity index (χ1v) is 2.84. The Kier molecular flexibility index (Phi) is 2.02. The third-order valence-electron chi connectivity index (χ3n) is 1.03. The highest BCUT2D eigenvalue weighted by Crippen LogP contribution is 1.93. The zero-order valence-corrected chi connectivity index (χ0v) is 5.27. The number of hydrogen-bond acceptors (Lipinski definition) is 2. The van der Waals surface area contributed by atoms with E-state index >= 15 is 0 Å². The molecule has 1 N–H and O–H groups in total. The van der Waals surface area contributed by atoms with Crippen molar-refractivity contribution in [3.05, 3.63) is 36.6 Å². The van der Waals surface area contributed by atoms with Gasteiger partial charge >= 0.3 is 0 Å². The van der Waals surface area contributed by atoms with Crippen LogP contribution in [0, 0.1) is 0 Å². The number of rotatable bonds is 0. The molecule has 1 heterocycles. The number of allylic oxidation sites excluding steroid dienone is 4. The summed E-state index contributed by atoms with van der Waals surface area (Å²) in [5.41, 5.74) is 0. The molecule has 0 aromatic carbocycles. The van der Waals surface area contributed by atoms with Gasteiger partial charge in [-0.05, 0) is 6.08 Å². The van der Waals surface area contributed by atoms with Gasteiger partial charge in [-0.25, -0.2) is 0 Å². The van der Waals surface area contributed by atoms with E-state index in [0.717, 1.165) is 0 Å². The number of hydrogen-bond donors (Lipinski definition) is 1. The second kappa shape index (κ2) is 2.98. The molecule has 0 aliphatic carbocycles. The molecule has 1 aliphatic heterocycles. The van der Waals surface area contributed by atoms with Gasteiger partial charge in [0.15, 0.2) is 0 Å². The fourth-order valence-corrected chi connectivity index (χ4v) is 0.547. The van der Waals surface area contributed by atoms with Gasteiger partial charge < -0.3 is 0 Å². The molecule has 0 aromatic rings. The maximum atomic E-state index is 10.7. The molecular formula is C7H7NO2. The van der Waals surface area contributed by atoms with E-state index < -0.39 is 5.91 Å². The van der Waals surface area contributed by atoms with Crippen LogP contribution >= 0.6 is 0 Å². The van der Waals surface area contributed by atoms with Crippen LogP contribution in [0.1, 0.15) is 0 Å². The van der Waals surface area contributed by atoms with E-state index in [1.165, 1.54) is 12.3 Å². The van der Waals surface area contributed by atoms with Gasteiger partial charge in [0.05, 0.1) is 0 Å². The van der Waals surface area contributed by atoms with Gasteiger partial charge in [0, 0.05) is 12.3 Å². The van der Waals surface area contributed by atoms with Gasteiger partial charge in [0.2, 0.25) is 0 Å². The second-order valence-electron chi connectivity index (χ2n) is 1.77. The third kappa shape index (κ3) is 1.56. The molecule has 0 atom stereocenters. The number of amides is 1. The fourth-order valence-electron chi connectivity index (χ4n) is 0.547. The Balaban J connectivity index is 2.81. The van der Waals surface area contributed by atoms with Crippen LogP contribution in [0.25, 0.3) is 0 Å². The molecule has 3 heteroatoms. The second-order valence-corrected chi connectivity index (χ2v) is 1.77. The average molecular weight is 137 g/mol. The third-order valence-corrected chi connectivity index (χ3v) is 1.03. The highest BCUT2D eigenvalue weighted by atomic mass is 16.5. The first-order chi connectivity index (χ1) is 4.80. The molecule has 3 nitrogen and oxygen atoms in total. The summed E-state index contributed by atoms with van der Waals surface area (Å²) in [6, 6.07) is 0. The Morgan fingerprint density at radius 3 is 2.70 bits per heavy atom. The smallest absolute Gasteiger partial charge is 0.274 e. The summed E-state index contributed by atoms with van der Waals surface area (Å²) < 4.78 is 0. The summed E-state index contributed by atoms with van der Waals surface area (Å²) in [6.07, 6.45) is 9.12. The Labute approximate surface area is 58.5 Å². The summed E-state index contributed by atoms with van der Waals surface area (Å²) in [5.74, 6) is -0.444. The number of nitrogens with zero attached hydrogens (tertiary/aromatic N) is 1. The molecule has 0 fully saturated rings. The van der Waals surface area contributed by atoms with Crippen LogP contribution in [-0.2, 0) is 4.79 Å². The van der Waals surface area contributed by atoms with Crippen LogP contribution in [0.4, 0.5) is 0 Å². The Morgan fingerprint density at radius 2 is 1.90 bits per heavy atom. The van der Waals surface area contributed by atoms with E-state index in [2.05, 4.69) is 0 Å². The zero-order valence-electron chi connectivity index (χ0n) is 5.27. The van der Waals surface area contributed by atoms with Crippen LogP contribution in [0.3, 0.4) is 0 Å². The molecular weight excluding hydrogens is 130 g/mol. The van der Waals surface area contributed by atoms with E-state index in [9.17, 15) is 4.79 Å². The van der Waals surface area contributed by atoms with Crippen molar-refractivity contribution in [2.75, 3.05) is 0 Å². The Hall–Kier alpha value is -1.35. The van der Waals surface area contributed by atoms with Crippen LogP contribution in [0.5, 0.6) is 0 Å². The highest BCUT2D eigenvalue weighted by Gasteiger charge is 2.01. The Morgan fingerprint density at radius 1 is 1.20 bits per heavy atom. The zero-order chi connectivity index (χ0) is 7.40. The lowest BCUT2D eigenvalue weighted by atomic mass is 10.4. The van der Waals surface area contributed by atoms with Crippen molar-refractivity contribution in [1.82, 2.24) is 5.06 Å². The SMILES string of the molecule is O=C1C=CC=CC=CN1O. The van der Waals surface area contributed by atoms with Gasteiger partial charge in [-0.1, -0.05) is 18.2 Å². The quantitative estimate of drug-likeness (QED) is 0.502. The van der Waals surface area contributed by atoms with Crippen LogP contribution < -0.4 is 0 Å². The normalized spacial score (nSPS) is 17.3. The van der Waals surface area contributed by atoms with E-state index in [1.807, 2.05) is 0 Å². The van der Waals surface area contributed by atoms with Crippen molar-refractivity contribution < 1.29 is 10.0 Å². The molecule has 0 spiro atoms. The average Bonchev–Trinajstić information content (AvgIpc) is 1.92. The molecule has 1 amide bonds. The molecule has 1 aliphatic rings. The molecule has 0 unspecified atom stereocenters. The predicted octanol–water partition coefficient (Wildman–Crippen LogP) is 0.844. The van der Waals surface area contributed by atoms with Gasteiger partial charge in [0.25, 0.3) is 5.91 Å². The monoisotopic (exact) mass is 137 g/mol. The van der Waals surface area contributed by atoms with Gasteiger partial charge in [-0.2, -0.15) is 5.06 Å². The van der Waals surface area contributed by atoms with Crippen molar-refractivity contribution in [1.29, 1.82) is 0 Å². The summed E-state index contributed by atoms with van der Waals surface area (Å²) in [7, 11) is 0. The van der Waals surface area contributed by atoms with Crippen molar-refractivity contribution >= 4 is 5.91 Å². The lowest BCUT2D eigenvalue weighted by Gasteiger charge is -2.05. The lowest BCUT2D eigenvalue weighted by molar-refractivity contribution is -0.148. The summed E-state index contributed by atoms with van der Waals surface area (Å²) >= 11 is 0. The van der Waals surface area contributed by atoms with Gasteiger partial charge in [0.1, 0.15) is 0 Å². The molecule has 52 valence electrons. The van der Waals surface area contributed by atoms with Gasteiger partial charge in [-0.3, -0.25) is 10.0 Å². The van der Waals surface area contributed by atoms with E-state index in [4.69, 9.17) is 5.21 Å². The van der Waals surface area contributed by atoms with Crippen LogP contribution in [0.15, 0.2) is 36.6 Å².